The maximum Gasteiger partial charge on any atom is 0.227 e. The molecule has 3 nitrogen and oxygen atoms in total. The van der Waals surface area contributed by atoms with Crippen LogP contribution < -0.4 is 0 Å². The SMILES string of the molecule is ClCCc1nc(Cc2cccc(Cl)c2)no1. The van der Waals surface area contributed by atoms with Crippen molar-refractivity contribution in [3.05, 3.63) is 46.6 Å². The Kier molecular flexibility index (Phi) is 3.80. The van der Waals surface area contributed by atoms with Gasteiger partial charge < -0.3 is 4.52 Å². The van der Waals surface area contributed by atoms with E-state index in [0.29, 0.717) is 35.5 Å². The zero-order chi connectivity index (χ0) is 11.4. The summed E-state index contributed by atoms with van der Waals surface area (Å²) in [6, 6.07) is 7.60. The second-order valence-corrected chi connectivity index (χ2v) is 4.16. The highest BCUT2D eigenvalue weighted by Crippen LogP contribution is 2.13. The molecule has 0 aliphatic carbocycles. The molecule has 0 bridgehead atoms. The molecule has 1 heterocycles. The van der Waals surface area contributed by atoms with Crippen LogP contribution in [0.4, 0.5) is 0 Å². The minimum absolute atomic E-state index is 0.485. The molecule has 0 saturated heterocycles. The Morgan fingerprint density at radius 3 is 2.94 bits per heavy atom. The molecule has 0 spiro atoms. The van der Waals surface area contributed by atoms with E-state index in [2.05, 4.69) is 10.1 Å². The summed E-state index contributed by atoms with van der Waals surface area (Å²) in [5.41, 5.74) is 1.06. The maximum atomic E-state index is 5.88. The summed E-state index contributed by atoms with van der Waals surface area (Å²) in [5, 5.41) is 4.58. The fraction of sp³-hybridized carbons (Fsp3) is 0.273. The van der Waals surface area contributed by atoms with E-state index in [9.17, 15) is 0 Å². The number of hydrogen-bond donors (Lipinski definition) is 0. The molecule has 2 rings (SSSR count). The second kappa shape index (κ2) is 5.32. The first-order valence-electron chi connectivity index (χ1n) is 4.90. The van der Waals surface area contributed by atoms with Crippen molar-refractivity contribution in [1.82, 2.24) is 10.1 Å². The van der Waals surface area contributed by atoms with E-state index in [4.69, 9.17) is 27.7 Å². The van der Waals surface area contributed by atoms with E-state index in [0.717, 1.165) is 5.56 Å². The summed E-state index contributed by atoms with van der Waals surface area (Å²) in [5.74, 6) is 1.72. The van der Waals surface area contributed by atoms with Crippen molar-refractivity contribution < 1.29 is 4.52 Å². The van der Waals surface area contributed by atoms with Gasteiger partial charge in [0.1, 0.15) is 0 Å². The summed E-state index contributed by atoms with van der Waals surface area (Å²) >= 11 is 11.5. The minimum atomic E-state index is 0.485. The zero-order valence-electron chi connectivity index (χ0n) is 8.49. The Labute approximate surface area is 103 Å². The smallest absolute Gasteiger partial charge is 0.227 e. The first-order chi connectivity index (χ1) is 7.78. The zero-order valence-corrected chi connectivity index (χ0v) is 10.0. The highest BCUT2D eigenvalue weighted by Gasteiger charge is 2.06. The standard InChI is InChI=1S/C11H10Cl2N2O/c12-5-4-11-14-10(15-16-11)7-8-2-1-3-9(13)6-8/h1-3,6H,4-5,7H2. The van der Waals surface area contributed by atoms with E-state index >= 15 is 0 Å². The van der Waals surface area contributed by atoms with Gasteiger partial charge in [-0.25, -0.2) is 0 Å². The third-order valence-electron chi connectivity index (χ3n) is 2.07. The van der Waals surface area contributed by atoms with Crippen molar-refractivity contribution in [1.29, 1.82) is 0 Å². The van der Waals surface area contributed by atoms with Gasteiger partial charge in [-0.1, -0.05) is 28.9 Å². The highest BCUT2D eigenvalue weighted by molar-refractivity contribution is 6.30. The van der Waals surface area contributed by atoms with Crippen LogP contribution in [0.1, 0.15) is 17.3 Å². The number of aryl methyl sites for hydroxylation is 1. The third-order valence-corrected chi connectivity index (χ3v) is 2.49. The molecular formula is C11H10Cl2N2O. The molecule has 0 aliphatic heterocycles. The van der Waals surface area contributed by atoms with Crippen molar-refractivity contribution >= 4 is 23.2 Å². The average molecular weight is 257 g/mol. The summed E-state index contributed by atoms with van der Waals surface area (Å²) < 4.78 is 5.03. The Balaban J connectivity index is 2.08. The van der Waals surface area contributed by atoms with Crippen LogP contribution in [0.15, 0.2) is 28.8 Å². The van der Waals surface area contributed by atoms with Crippen LogP contribution >= 0.6 is 23.2 Å². The van der Waals surface area contributed by atoms with E-state index < -0.39 is 0 Å². The van der Waals surface area contributed by atoms with Crippen LogP contribution in [0.3, 0.4) is 0 Å². The third kappa shape index (κ3) is 2.97. The van der Waals surface area contributed by atoms with Gasteiger partial charge in [-0.05, 0) is 17.7 Å². The van der Waals surface area contributed by atoms with Crippen molar-refractivity contribution in [3.63, 3.8) is 0 Å². The fourth-order valence-corrected chi connectivity index (χ4v) is 1.75. The fourth-order valence-electron chi connectivity index (χ4n) is 1.37. The molecule has 5 heteroatoms. The Bertz CT molecular complexity index is 471. The van der Waals surface area contributed by atoms with Crippen molar-refractivity contribution in [2.24, 2.45) is 0 Å². The van der Waals surface area contributed by atoms with Crippen LogP contribution in [-0.4, -0.2) is 16.0 Å². The highest BCUT2D eigenvalue weighted by atomic mass is 35.5. The maximum absolute atomic E-state index is 5.88. The van der Waals surface area contributed by atoms with E-state index in [1.165, 1.54) is 0 Å². The average Bonchev–Trinajstić information content (AvgIpc) is 2.66. The van der Waals surface area contributed by atoms with Crippen LogP contribution in [0.25, 0.3) is 0 Å². The van der Waals surface area contributed by atoms with Gasteiger partial charge in [0.2, 0.25) is 5.89 Å². The Hall–Kier alpha value is -1.06. The lowest BCUT2D eigenvalue weighted by atomic mass is 10.1. The number of benzene rings is 1. The van der Waals surface area contributed by atoms with Crippen LogP contribution in [0.5, 0.6) is 0 Å². The van der Waals surface area contributed by atoms with E-state index in [-0.39, 0.29) is 0 Å². The number of hydrogen-bond acceptors (Lipinski definition) is 3. The molecule has 0 saturated carbocycles. The number of nitrogens with zero attached hydrogens (tertiary/aromatic N) is 2. The second-order valence-electron chi connectivity index (χ2n) is 3.35. The molecule has 84 valence electrons. The largest absolute Gasteiger partial charge is 0.339 e. The normalized spacial score (nSPS) is 10.6. The molecule has 0 radical (unpaired) electrons. The number of aromatic nitrogens is 2. The van der Waals surface area contributed by atoms with Gasteiger partial charge in [0, 0.05) is 23.7 Å². The molecule has 0 aliphatic rings. The lowest BCUT2D eigenvalue weighted by molar-refractivity contribution is 0.378. The molecule has 0 unspecified atom stereocenters. The molecule has 0 fully saturated rings. The predicted molar refractivity (Wildman–Crippen MR) is 63.0 cm³/mol. The van der Waals surface area contributed by atoms with Gasteiger partial charge in [0.25, 0.3) is 0 Å². The molecule has 0 N–H and O–H groups in total. The van der Waals surface area contributed by atoms with Gasteiger partial charge in [-0.15, -0.1) is 11.6 Å². The van der Waals surface area contributed by atoms with Crippen molar-refractivity contribution in [2.75, 3.05) is 5.88 Å². The number of halogens is 2. The van der Waals surface area contributed by atoms with Gasteiger partial charge in [0.05, 0.1) is 0 Å². The van der Waals surface area contributed by atoms with Crippen LogP contribution in [-0.2, 0) is 12.8 Å². The molecule has 16 heavy (non-hydrogen) atoms. The van der Waals surface area contributed by atoms with Crippen molar-refractivity contribution in [2.45, 2.75) is 12.8 Å². The Morgan fingerprint density at radius 2 is 2.19 bits per heavy atom. The first-order valence-corrected chi connectivity index (χ1v) is 5.81. The lowest BCUT2D eigenvalue weighted by Crippen LogP contribution is -1.92. The molecule has 1 aromatic heterocycles. The molecule has 0 amide bonds. The first kappa shape index (κ1) is 11.4. The molecular weight excluding hydrogens is 247 g/mol. The van der Waals surface area contributed by atoms with E-state index in [1.807, 2.05) is 24.3 Å². The predicted octanol–water partition coefficient (Wildman–Crippen LogP) is 3.10. The lowest BCUT2D eigenvalue weighted by Gasteiger charge is -1.96. The number of rotatable bonds is 4. The number of alkyl halides is 1. The topological polar surface area (TPSA) is 38.9 Å². The Morgan fingerprint density at radius 1 is 1.31 bits per heavy atom. The minimum Gasteiger partial charge on any atom is -0.339 e. The van der Waals surface area contributed by atoms with Crippen molar-refractivity contribution in [3.8, 4) is 0 Å². The van der Waals surface area contributed by atoms with Crippen LogP contribution in [0, 0.1) is 0 Å². The quantitative estimate of drug-likeness (QED) is 0.790. The van der Waals surface area contributed by atoms with Gasteiger partial charge >= 0.3 is 0 Å². The summed E-state index contributed by atoms with van der Waals surface area (Å²) in [6.45, 7) is 0. The summed E-state index contributed by atoms with van der Waals surface area (Å²) in [6.07, 6.45) is 1.22. The summed E-state index contributed by atoms with van der Waals surface area (Å²) in [7, 11) is 0. The van der Waals surface area contributed by atoms with Gasteiger partial charge in [-0.2, -0.15) is 4.98 Å². The van der Waals surface area contributed by atoms with Gasteiger partial charge in [-0.3, -0.25) is 0 Å². The molecule has 0 atom stereocenters. The van der Waals surface area contributed by atoms with Gasteiger partial charge in [0.15, 0.2) is 5.82 Å². The van der Waals surface area contributed by atoms with E-state index in [1.54, 1.807) is 0 Å². The summed E-state index contributed by atoms with van der Waals surface area (Å²) in [4.78, 5) is 4.22. The molecule has 1 aromatic carbocycles. The van der Waals surface area contributed by atoms with Crippen LogP contribution in [0.2, 0.25) is 5.02 Å². The molecule has 2 aromatic rings. The monoisotopic (exact) mass is 256 g/mol.